The molecule has 0 bridgehead atoms. The highest BCUT2D eigenvalue weighted by Crippen LogP contribution is 2.14. The summed E-state index contributed by atoms with van der Waals surface area (Å²) in [5.74, 6) is -0.349. The zero-order valence-electron chi connectivity index (χ0n) is 14.3. The molecular weight excluding hydrogens is 323 g/mol. The maximum Gasteiger partial charge on any atom is 0.261 e. The summed E-state index contributed by atoms with van der Waals surface area (Å²) in [6, 6.07) is 6.15. The average molecular weight is 342 g/mol. The number of nitrogens with zero attached hydrogens (tertiary/aromatic N) is 5. The van der Waals surface area contributed by atoms with Gasteiger partial charge in [-0.2, -0.15) is 5.10 Å². The van der Waals surface area contributed by atoms with Crippen molar-refractivity contribution in [2.45, 2.75) is 33.9 Å². The minimum absolute atomic E-state index is 0.218. The molecule has 0 aliphatic rings. The molecule has 0 atom stereocenters. The standard InChI is InChI=1S/C17H19FN6O/c1-4-24-12(3)15(11(2)21-24)16(25)20-17-19-10-23(22-17)9-13-5-7-14(18)8-6-13/h5-8,10H,4,9H2,1-3H3,(H,20,22,25). The lowest BCUT2D eigenvalue weighted by molar-refractivity contribution is 0.102. The molecule has 0 aliphatic heterocycles. The maximum absolute atomic E-state index is 12.9. The van der Waals surface area contributed by atoms with E-state index in [0.717, 1.165) is 11.3 Å². The van der Waals surface area contributed by atoms with Gasteiger partial charge in [0.2, 0.25) is 5.95 Å². The Bertz CT molecular complexity index is 897. The first kappa shape index (κ1) is 16.8. The molecule has 1 amide bonds. The number of benzene rings is 1. The van der Waals surface area contributed by atoms with Crippen molar-refractivity contribution >= 4 is 11.9 Å². The Morgan fingerprint density at radius 3 is 2.56 bits per heavy atom. The minimum atomic E-state index is -0.284. The van der Waals surface area contributed by atoms with Gasteiger partial charge in [0.25, 0.3) is 5.91 Å². The van der Waals surface area contributed by atoms with Crippen LogP contribution in [-0.2, 0) is 13.1 Å². The molecule has 8 heteroatoms. The molecule has 25 heavy (non-hydrogen) atoms. The van der Waals surface area contributed by atoms with Crippen LogP contribution in [0, 0.1) is 19.7 Å². The zero-order chi connectivity index (χ0) is 18.0. The average Bonchev–Trinajstić information content (AvgIpc) is 3.13. The molecule has 7 nitrogen and oxygen atoms in total. The summed E-state index contributed by atoms with van der Waals surface area (Å²) >= 11 is 0. The Kier molecular flexibility index (Phi) is 4.60. The number of hydrogen-bond donors (Lipinski definition) is 1. The van der Waals surface area contributed by atoms with Crippen LogP contribution in [0.25, 0.3) is 0 Å². The van der Waals surface area contributed by atoms with Crippen molar-refractivity contribution in [1.82, 2.24) is 24.5 Å². The van der Waals surface area contributed by atoms with Crippen LogP contribution in [0.1, 0.15) is 34.2 Å². The number of amides is 1. The van der Waals surface area contributed by atoms with Gasteiger partial charge in [0, 0.05) is 12.2 Å². The normalized spacial score (nSPS) is 10.9. The van der Waals surface area contributed by atoms with Crippen LogP contribution in [0.3, 0.4) is 0 Å². The Morgan fingerprint density at radius 2 is 1.92 bits per heavy atom. The second-order valence-corrected chi connectivity index (χ2v) is 5.71. The maximum atomic E-state index is 12.9. The summed E-state index contributed by atoms with van der Waals surface area (Å²) in [4.78, 5) is 16.6. The molecule has 0 unspecified atom stereocenters. The number of aryl methyl sites for hydroxylation is 2. The molecule has 0 spiro atoms. The van der Waals surface area contributed by atoms with Crippen LogP contribution in [-0.4, -0.2) is 30.5 Å². The van der Waals surface area contributed by atoms with Crippen LogP contribution in [0.4, 0.5) is 10.3 Å². The van der Waals surface area contributed by atoms with Crippen LogP contribution in [0.5, 0.6) is 0 Å². The Hall–Kier alpha value is -3.03. The van der Waals surface area contributed by atoms with Crippen LogP contribution in [0.15, 0.2) is 30.6 Å². The van der Waals surface area contributed by atoms with Crippen molar-refractivity contribution < 1.29 is 9.18 Å². The quantitative estimate of drug-likeness (QED) is 0.773. The van der Waals surface area contributed by atoms with Gasteiger partial charge in [-0.15, -0.1) is 5.10 Å². The van der Waals surface area contributed by atoms with E-state index in [0.29, 0.717) is 24.3 Å². The summed E-state index contributed by atoms with van der Waals surface area (Å²) in [5, 5.41) is 11.3. The fourth-order valence-electron chi connectivity index (χ4n) is 2.70. The molecule has 0 aliphatic carbocycles. The fourth-order valence-corrected chi connectivity index (χ4v) is 2.70. The van der Waals surface area contributed by atoms with E-state index in [-0.39, 0.29) is 17.7 Å². The predicted octanol–water partition coefficient (Wildman–Crippen LogP) is 2.55. The molecule has 1 N–H and O–H groups in total. The van der Waals surface area contributed by atoms with Gasteiger partial charge in [0.05, 0.1) is 17.8 Å². The lowest BCUT2D eigenvalue weighted by Gasteiger charge is -2.03. The highest BCUT2D eigenvalue weighted by Gasteiger charge is 2.19. The highest BCUT2D eigenvalue weighted by atomic mass is 19.1. The van der Waals surface area contributed by atoms with Gasteiger partial charge in [-0.05, 0) is 38.5 Å². The van der Waals surface area contributed by atoms with E-state index in [1.807, 2.05) is 13.8 Å². The smallest absolute Gasteiger partial charge is 0.261 e. The number of carbonyl (C=O) groups excluding carboxylic acids is 1. The van der Waals surface area contributed by atoms with E-state index in [2.05, 4.69) is 20.5 Å². The molecule has 0 saturated carbocycles. The first-order valence-electron chi connectivity index (χ1n) is 7.97. The third kappa shape index (κ3) is 3.57. The van der Waals surface area contributed by atoms with Crippen LogP contribution < -0.4 is 5.32 Å². The van der Waals surface area contributed by atoms with Gasteiger partial charge in [-0.1, -0.05) is 12.1 Å². The van der Waals surface area contributed by atoms with Crippen molar-refractivity contribution in [3.63, 3.8) is 0 Å². The van der Waals surface area contributed by atoms with Crippen LogP contribution >= 0.6 is 0 Å². The summed E-state index contributed by atoms with van der Waals surface area (Å²) < 4.78 is 16.3. The molecule has 2 aromatic heterocycles. The summed E-state index contributed by atoms with van der Waals surface area (Å²) in [6.45, 7) is 6.77. The van der Waals surface area contributed by atoms with E-state index >= 15 is 0 Å². The van der Waals surface area contributed by atoms with Crippen molar-refractivity contribution in [3.05, 3.63) is 58.9 Å². The summed E-state index contributed by atoms with van der Waals surface area (Å²) in [7, 11) is 0. The monoisotopic (exact) mass is 342 g/mol. The molecule has 0 saturated heterocycles. The van der Waals surface area contributed by atoms with Crippen molar-refractivity contribution in [3.8, 4) is 0 Å². The van der Waals surface area contributed by atoms with E-state index in [1.165, 1.54) is 18.5 Å². The molecule has 3 rings (SSSR count). The predicted molar refractivity (Wildman–Crippen MR) is 90.9 cm³/mol. The van der Waals surface area contributed by atoms with Gasteiger partial charge in [0.15, 0.2) is 0 Å². The number of hydrogen-bond acceptors (Lipinski definition) is 4. The van der Waals surface area contributed by atoms with E-state index in [1.54, 1.807) is 28.4 Å². The SMILES string of the molecule is CCn1nc(C)c(C(=O)Nc2ncn(Cc3ccc(F)cc3)n2)c1C. The molecule has 2 heterocycles. The van der Waals surface area contributed by atoms with Crippen LogP contribution in [0.2, 0.25) is 0 Å². The van der Waals surface area contributed by atoms with Crippen molar-refractivity contribution in [2.24, 2.45) is 0 Å². The van der Waals surface area contributed by atoms with E-state index in [4.69, 9.17) is 0 Å². The number of aromatic nitrogens is 5. The number of carbonyl (C=O) groups is 1. The Labute approximate surface area is 144 Å². The lowest BCUT2D eigenvalue weighted by atomic mass is 10.2. The molecule has 0 radical (unpaired) electrons. The number of nitrogens with one attached hydrogen (secondary N) is 1. The van der Waals surface area contributed by atoms with E-state index in [9.17, 15) is 9.18 Å². The second-order valence-electron chi connectivity index (χ2n) is 5.71. The summed E-state index contributed by atoms with van der Waals surface area (Å²) in [5.41, 5.74) is 2.91. The molecular formula is C17H19FN6O. The fraction of sp³-hybridized carbons (Fsp3) is 0.294. The van der Waals surface area contributed by atoms with Gasteiger partial charge in [-0.25, -0.2) is 14.1 Å². The number of halogens is 1. The second kappa shape index (κ2) is 6.84. The van der Waals surface area contributed by atoms with Crippen molar-refractivity contribution in [1.29, 1.82) is 0 Å². The Balaban J connectivity index is 1.72. The Morgan fingerprint density at radius 1 is 1.20 bits per heavy atom. The first-order valence-corrected chi connectivity index (χ1v) is 7.97. The van der Waals surface area contributed by atoms with Crippen molar-refractivity contribution in [2.75, 3.05) is 5.32 Å². The minimum Gasteiger partial charge on any atom is -0.289 e. The number of anilines is 1. The summed E-state index contributed by atoms with van der Waals surface area (Å²) in [6.07, 6.45) is 1.52. The van der Waals surface area contributed by atoms with Gasteiger partial charge in [0.1, 0.15) is 12.1 Å². The largest absolute Gasteiger partial charge is 0.289 e. The third-order valence-corrected chi connectivity index (χ3v) is 3.93. The molecule has 1 aromatic carbocycles. The van der Waals surface area contributed by atoms with E-state index < -0.39 is 0 Å². The third-order valence-electron chi connectivity index (χ3n) is 3.93. The first-order chi connectivity index (χ1) is 12.0. The van der Waals surface area contributed by atoms with Gasteiger partial charge in [-0.3, -0.25) is 14.8 Å². The highest BCUT2D eigenvalue weighted by molar-refractivity contribution is 6.04. The molecule has 0 fully saturated rings. The molecule has 3 aromatic rings. The van der Waals surface area contributed by atoms with Gasteiger partial charge >= 0.3 is 0 Å². The lowest BCUT2D eigenvalue weighted by Crippen LogP contribution is -2.15. The zero-order valence-corrected chi connectivity index (χ0v) is 14.3. The topological polar surface area (TPSA) is 77.6 Å². The molecule has 130 valence electrons. The van der Waals surface area contributed by atoms with Gasteiger partial charge < -0.3 is 0 Å². The number of rotatable bonds is 5.